The third-order valence-electron chi connectivity index (χ3n) is 4.63. The van der Waals surface area contributed by atoms with Crippen molar-refractivity contribution in [3.05, 3.63) is 46.6 Å². The van der Waals surface area contributed by atoms with Gasteiger partial charge < -0.3 is 20.5 Å². The molecule has 0 aromatic carbocycles. The Morgan fingerprint density at radius 3 is 2.96 bits per heavy atom. The van der Waals surface area contributed by atoms with Gasteiger partial charge in [-0.2, -0.15) is 0 Å². The first-order chi connectivity index (χ1) is 12.2. The third kappa shape index (κ3) is 5.03. The average Bonchev–Trinajstić information content (AvgIpc) is 2.64. The van der Waals surface area contributed by atoms with Gasteiger partial charge in [0.2, 0.25) is 0 Å². The molecule has 2 aromatic heterocycles. The lowest BCUT2D eigenvalue weighted by Gasteiger charge is -2.28. The fourth-order valence-electron chi connectivity index (χ4n) is 3.18. The summed E-state index contributed by atoms with van der Waals surface area (Å²) < 4.78 is 0. The molecule has 0 saturated carbocycles. The maximum Gasteiger partial charge on any atom is 0.251 e. The topological polar surface area (TPSA) is 85.9 Å². The molecule has 3 heterocycles. The molecular weight excluding hydrogens is 316 g/mol. The van der Waals surface area contributed by atoms with Crippen LogP contribution in [0, 0.1) is 5.92 Å². The molecule has 1 aliphatic heterocycles. The molecule has 0 bridgehead atoms. The molecule has 134 valence electrons. The Kier molecular flexibility index (Phi) is 6.00. The van der Waals surface area contributed by atoms with E-state index in [9.17, 15) is 4.79 Å². The quantitative estimate of drug-likeness (QED) is 0.702. The molecule has 1 aliphatic rings. The highest BCUT2D eigenvalue weighted by molar-refractivity contribution is 5.48. The number of rotatable bonds is 7. The Balaban J connectivity index is 1.53. The maximum absolute atomic E-state index is 11.7. The van der Waals surface area contributed by atoms with Gasteiger partial charge in [0.25, 0.3) is 5.56 Å². The summed E-state index contributed by atoms with van der Waals surface area (Å²) >= 11 is 0. The molecule has 0 unspecified atom stereocenters. The zero-order valence-electron chi connectivity index (χ0n) is 14.7. The second-order valence-electron chi connectivity index (χ2n) is 6.54. The Bertz CT molecular complexity index is 725. The number of H-pyrrole nitrogens is 1. The van der Waals surface area contributed by atoms with E-state index in [1.807, 2.05) is 18.2 Å². The van der Waals surface area contributed by atoms with E-state index in [2.05, 4.69) is 37.5 Å². The van der Waals surface area contributed by atoms with E-state index in [-0.39, 0.29) is 5.56 Å². The molecule has 0 spiro atoms. The molecule has 0 radical (unpaired) electrons. The summed E-state index contributed by atoms with van der Waals surface area (Å²) in [5.74, 6) is 2.42. The minimum Gasteiger partial charge on any atom is -0.370 e. The summed E-state index contributed by atoms with van der Waals surface area (Å²) in [5, 5.41) is 6.68. The van der Waals surface area contributed by atoms with Gasteiger partial charge in [-0.25, -0.2) is 9.97 Å². The fraction of sp³-hybridized carbons (Fsp3) is 0.500. The maximum atomic E-state index is 11.7. The van der Waals surface area contributed by atoms with Crippen LogP contribution >= 0.6 is 0 Å². The van der Waals surface area contributed by atoms with Crippen LogP contribution in [-0.4, -0.2) is 48.2 Å². The van der Waals surface area contributed by atoms with E-state index >= 15 is 0 Å². The van der Waals surface area contributed by atoms with E-state index in [0.29, 0.717) is 18.9 Å². The summed E-state index contributed by atoms with van der Waals surface area (Å²) in [4.78, 5) is 25.2. The molecule has 1 saturated heterocycles. The lowest BCUT2D eigenvalue weighted by Crippen LogP contribution is -2.34. The first-order valence-corrected chi connectivity index (χ1v) is 8.87. The van der Waals surface area contributed by atoms with Crippen molar-refractivity contribution in [1.29, 1.82) is 0 Å². The lowest BCUT2D eigenvalue weighted by atomic mass is 9.98. The van der Waals surface area contributed by atoms with E-state index in [1.54, 1.807) is 12.5 Å². The van der Waals surface area contributed by atoms with E-state index in [1.165, 1.54) is 12.8 Å². The Labute approximate surface area is 147 Å². The predicted molar refractivity (Wildman–Crippen MR) is 100 cm³/mol. The van der Waals surface area contributed by atoms with Crippen LogP contribution in [0.5, 0.6) is 0 Å². The number of hydrogen-bond acceptors (Lipinski definition) is 6. The molecule has 7 heteroatoms. The molecule has 25 heavy (non-hydrogen) atoms. The molecule has 3 rings (SSSR count). The number of hydrogen-bond donors (Lipinski definition) is 3. The number of anilines is 2. The van der Waals surface area contributed by atoms with Gasteiger partial charge in [0, 0.05) is 38.0 Å². The average molecular weight is 342 g/mol. The largest absolute Gasteiger partial charge is 0.370 e. The standard InChI is InChI=1S/C18H26N6O/c1-24(12-14-4-8-19-9-5-14)17-11-16(22-13-23-17)20-10-6-15-3-2-7-21-18(15)25/h2-3,7,11,13-14,19H,4-6,8-10,12H2,1H3,(H,21,25)(H,20,22,23). The van der Waals surface area contributed by atoms with E-state index in [4.69, 9.17) is 0 Å². The Morgan fingerprint density at radius 2 is 2.16 bits per heavy atom. The number of aromatic nitrogens is 3. The fourth-order valence-corrected chi connectivity index (χ4v) is 3.18. The van der Waals surface area contributed by atoms with Crippen molar-refractivity contribution in [1.82, 2.24) is 20.3 Å². The normalized spacial score (nSPS) is 15.1. The smallest absolute Gasteiger partial charge is 0.251 e. The second kappa shape index (κ2) is 8.62. The molecule has 2 aromatic rings. The highest BCUT2D eigenvalue weighted by atomic mass is 16.1. The Morgan fingerprint density at radius 1 is 1.32 bits per heavy atom. The third-order valence-corrected chi connectivity index (χ3v) is 4.63. The van der Waals surface area contributed by atoms with Crippen LogP contribution in [0.15, 0.2) is 35.5 Å². The van der Waals surface area contributed by atoms with Crippen LogP contribution in [0.2, 0.25) is 0 Å². The molecule has 7 nitrogen and oxygen atoms in total. The summed E-state index contributed by atoms with van der Waals surface area (Å²) in [6, 6.07) is 5.66. The minimum absolute atomic E-state index is 0.0330. The highest BCUT2D eigenvalue weighted by Crippen LogP contribution is 2.18. The van der Waals surface area contributed by atoms with Crippen LogP contribution < -0.4 is 21.1 Å². The van der Waals surface area contributed by atoms with Crippen molar-refractivity contribution in [3.8, 4) is 0 Å². The SMILES string of the molecule is CN(CC1CCNCC1)c1cc(NCCc2ccc[nH]c2=O)ncn1. The van der Waals surface area contributed by atoms with Gasteiger partial charge in [0.15, 0.2) is 0 Å². The molecule has 0 aliphatic carbocycles. The first kappa shape index (κ1) is 17.4. The van der Waals surface area contributed by atoms with Gasteiger partial charge in [-0.3, -0.25) is 4.79 Å². The zero-order chi connectivity index (χ0) is 17.5. The van der Waals surface area contributed by atoms with Crippen LogP contribution in [-0.2, 0) is 6.42 Å². The Hall–Kier alpha value is -2.41. The zero-order valence-corrected chi connectivity index (χ0v) is 14.7. The van der Waals surface area contributed by atoms with Crippen LogP contribution in [0.25, 0.3) is 0 Å². The van der Waals surface area contributed by atoms with E-state index in [0.717, 1.165) is 36.8 Å². The summed E-state index contributed by atoms with van der Waals surface area (Å²) in [6.07, 6.45) is 6.32. The van der Waals surface area contributed by atoms with Gasteiger partial charge >= 0.3 is 0 Å². The lowest BCUT2D eigenvalue weighted by molar-refractivity contribution is 0.377. The second-order valence-corrected chi connectivity index (χ2v) is 6.54. The monoisotopic (exact) mass is 342 g/mol. The van der Waals surface area contributed by atoms with Gasteiger partial charge in [0.05, 0.1) is 0 Å². The molecule has 3 N–H and O–H groups in total. The van der Waals surface area contributed by atoms with Gasteiger partial charge in [-0.15, -0.1) is 0 Å². The van der Waals surface area contributed by atoms with Crippen molar-refractivity contribution < 1.29 is 0 Å². The highest BCUT2D eigenvalue weighted by Gasteiger charge is 2.16. The number of nitrogens with zero attached hydrogens (tertiary/aromatic N) is 3. The van der Waals surface area contributed by atoms with Crippen LogP contribution in [0.1, 0.15) is 18.4 Å². The van der Waals surface area contributed by atoms with E-state index < -0.39 is 0 Å². The molecule has 0 amide bonds. The predicted octanol–water partition coefficient (Wildman–Crippen LogP) is 1.26. The van der Waals surface area contributed by atoms with Crippen molar-refractivity contribution in [2.45, 2.75) is 19.3 Å². The number of aromatic amines is 1. The summed E-state index contributed by atoms with van der Waals surface area (Å²) in [5.41, 5.74) is 0.738. The molecule has 1 fully saturated rings. The van der Waals surface area contributed by atoms with Crippen molar-refractivity contribution in [2.24, 2.45) is 5.92 Å². The molecule has 0 atom stereocenters. The van der Waals surface area contributed by atoms with Crippen LogP contribution in [0.3, 0.4) is 0 Å². The number of pyridine rings is 1. The van der Waals surface area contributed by atoms with Crippen molar-refractivity contribution in [3.63, 3.8) is 0 Å². The molecular formula is C18H26N6O. The van der Waals surface area contributed by atoms with Gasteiger partial charge in [-0.1, -0.05) is 6.07 Å². The van der Waals surface area contributed by atoms with Crippen molar-refractivity contribution >= 4 is 11.6 Å². The number of piperidine rings is 1. The van der Waals surface area contributed by atoms with Crippen LogP contribution in [0.4, 0.5) is 11.6 Å². The summed E-state index contributed by atoms with van der Waals surface area (Å²) in [7, 11) is 2.08. The first-order valence-electron chi connectivity index (χ1n) is 8.87. The summed E-state index contributed by atoms with van der Waals surface area (Å²) in [6.45, 7) is 3.88. The van der Waals surface area contributed by atoms with Gasteiger partial charge in [0.1, 0.15) is 18.0 Å². The minimum atomic E-state index is -0.0330. The van der Waals surface area contributed by atoms with Gasteiger partial charge in [-0.05, 0) is 44.3 Å². The van der Waals surface area contributed by atoms with Crippen molar-refractivity contribution in [2.75, 3.05) is 43.4 Å². The number of nitrogens with one attached hydrogen (secondary N) is 3.